The van der Waals surface area contributed by atoms with Crippen LogP contribution >= 0.6 is 0 Å². The molecular formula is C14H9NO2. The molecule has 0 aliphatic heterocycles. The molecule has 0 fully saturated rings. The normalized spacial score (nSPS) is 10.3. The molecule has 0 bridgehead atoms. The van der Waals surface area contributed by atoms with Crippen LogP contribution in [0, 0.1) is 11.3 Å². The maximum atomic E-state index is 10.4. The first kappa shape index (κ1) is 10.9. The number of nitrogens with zero attached hydrogens (tertiary/aromatic N) is 1. The van der Waals surface area contributed by atoms with E-state index in [1.165, 1.54) is 0 Å². The number of hydrogen-bond donors (Lipinski definition) is 0. The Bertz CT molecular complexity index is 585. The van der Waals surface area contributed by atoms with Crippen LogP contribution in [0.2, 0.25) is 0 Å². The average Bonchev–Trinajstić information content (AvgIpc) is 2.85. The van der Waals surface area contributed by atoms with Crippen LogP contribution in [0.1, 0.15) is 27.4 Å². The highest BCUT2D eigenvalue weighted by molar-refractivity contribution is 5.73. The fourth-order valence-electron chi connectivity index (χ4n) is 1.37. The Morgan fingerprint density at radius 3 is 2.29 bits per heavy atom. The Morgan fingerprint density at radius 2 is 1.71 bits per heavy atom. The summed E-state index contributed by atoms with van der Waals surface area (Å²) in [5.74, 6) is 0.931. The predicted molar refractivity (Wildman–Crippen MR) is 64.2 cm³/mol. The third-order valence-corrected chi connectivity index (χ3v) is 2.24. The second kappa shape index (κ2) is 4.95. The highest BCUT2D eigenvalue weighted by Crippen LogP contribution is 2.11. The number of carbonyl (C=O) groups is 1. The van der Waals surface area contributed by atoms with Crippen molar-refractivity contribution in [3.05, 3.63) is 59.0 Å². The van der Waals surface area contributed by atoms with Crippen LogP contribution in [0.4, 0.5) is 0 Å². The van der Waals surface area contributed by atoms with Gasteiger partial charge in [0.05, 0.1) is 11.6 Å². The fourth-order valence-corrected chi connectivity index (χ4v) is 1.37. The van der Waals surface area contributed by atoms with Crippen LogP contribution in [-0.4, -0.2) is 6.29 Å². The van der Waals surface area contributed by atoms with Gasteiger partial charge in [0.1, 0.15) is 5.76 Å². The topological polar surface area (TPSA) is 54.0 Å². The molecule has 3 heteroatoms. The maximum Gasteiger partial charge on any atom is 0.185 e. The first-order valence-electron chi connectivity index (χ1n) is 5.05. The van der Waals surface area contributed by atoms with Crippen molar-refractivity contribution in [3.8, 4) is 6.07 Å². The molecule has 0 unspecified atom stereocenters. The minimum absolute atomic E-state index is 0.310. The Balaban J connectivity index is 2.14. The summed E-state index contributed by atoms with van der Waals surface area (Å²) in [6, 6.07) is 12.6. The monoisotopic (exact) mass is 223 g/mol. The molecule has 2 rings (SSSR count). The molecule has 1 aromatic heterocycles. The predicted octanol–water partition coefficient (Wildman–Crippen LogP) is 3.13. The number of benzene rings is 1. The molecule has 0 spiro atoms. The van der Waals surface area contributed by atoms with Gasteiger partial charge in [-0.2, -0.15) is 5.26 Å². The molecule has 1 heterocycles. The molecule has 0 aliphatic carbocycles. The van der Waals surface area contributed by atoms with Gasteiger partial charge >= 0.3 is 0 Å². The van der Waals surface area contributed by atoms with Crippen molar-refractivity contribution >= 4 is 18.4 Å². The van der Waals surface area contributed by atoms with E-state index in [4.69, 9.17) is 9.68 Å². The lowest BCUT2D eigenvalue weighted by atomic mass is 10.1. The summed E-state index contributed by atoms with van der Waals surface area (Å²) in [6.45, 7) is 0. The molecular weight excluding hydrogens is 214 g/mol. The zero-order valence-corrected chi connectivity index (χ0v) is 8.96. The second-order valence-corrected chi connectivity index (χ2v) is 3.43. The molecule has 1 aromatic carbocycles. The van der Waals surface area contributed by atoms with Gasteiger partial charge in [-0.05, 0) is 35.9 Å². The van der Waals surface area contributed by atoms with Crippen molar-refractivity contribution in [3.63, 3.8) is 0 Å². The van der Waals surface area contributed by atoms with Gasteiger partial charge in [0, 0.05) is 0 Å². The number of nitriles is 1. The van der Waals surface area contributed by atoms with E-state index in [0.29, 0.717) is 23.4 Å². The van der Waals surface area contributed by atoms with E-state index in [9.17, 15) is 4.79 Å². The third-order valence-electron chi connectivity index (χ3n) is 2.24. The maximum absolute atomic E-state index is 10.4. The van der Waals surface area contributed by atoms with Gasteiger partial charge < -0.3 is 4.42 Å². The van der Waals surface area contributed by atoms with E-state index in [1.807, 2.05) is 18.2 Å². The summed E-state index contributed by atoms with van der Waals surface area (Å²) in [5.41, 5.74) is 1.59. The quantitative estimate of drug-likeness (QED) is 0.751. The minimum atomic E-state index is 0.310. The second-order valence-electron chi connectivity index (χ2n) is 3.43. The lowest BCUT2D eigenvalue weighted by Crippen LogP contribution is -1.74. The van der Waals surface area contributed by atoms with E-state index in [2.05, 4.69) is 6.07 Å². The molecule has 0 saturated carbocycles. The van der Waals surface area contributed by atoms with E-state index < -0.39 is 0 Å². The van der Waals surface area contributed by atoms with Gasteiger partial charge in [-0.25, -0.2) is 0 Å². The fraction of sp³-hybridized carbons (Fsp3) is 0. The summed E-state index contributed by atoms with van der Waals surface area (Å²) < 4.78 is 5.19. The summed E-state index contributed by atoms with van der Waals surface area (Å²) >= 11 is 0. The van der Waals surface area contributed by atoms with Crippen molar-refractivity contribution in [2.45, 2.75) is 0 Å². The number of aldehydes is 1. The van der Waals surface area contributed by atoms with E-state index >= 15 is 0 Å². The van der Waals surface area contributed by atoms with Gasteiger partial charge in [-0.15, -0.1) is 0 Å². The number of hydrogen-bond acceptors (Lipinski definition) is 3. The minimum Gasteiger partial charge on any atom is -0.454 e. The molecule has 0 N–H and O–H groups in total. The first-order chi connectivity index (χ1) is 8.31. The Hall–Kier alpha value is -2.60. The lowest BCUT2D eigenvalue weighted by Gasteiger charge is -1.92. The lowest BCUT2D eigenvalue weighted by molar-refractivity contribution is 0.110. The summed E-state index contributed by atoms with van der Waals surface area (Å²) in [4.78, 5) is 10.4. The molecule has 17 heavy (non-hydrogen) atoms. The zero-order chi connectivity index (χ0) is 12.1. The van der Waals surface area contributed by atoms with E-state index in [-0.39, 0.29) is 0 Å². The van der Waals surface area contributed by atoms with Gasteiger partial charge in [0.15, 0.2) is 12.0 Å². The molecule has 3 nitrogen and oxygen atoms in total. The van der Waals surface area contributed by atoms with E-state index in [1.54, 1.807) is 30.3 Å². The van der Waals surface area contributed by atoms with Crippen LogP contribution in [0.5, 0.6) is 0 Å². The Kier molecular flexibility index (Phi) is 3.18. The summed E-state index contributed by atoms with van der Waals surface area (Å²) in [7, 11) is 0. The van der Waals surface area contributed by atoms with Crippen molar-refractivity contribution < 1.29 is 9.21 Å². The summed E-state index contributed by atoms with van der Waals surface area (Å²) in [5, 5.41) is 8.65. The standard InChI is InChI=1S/C14H9NO2/c15-9-12-3-1-11(2-4-12)5-6-13-7-8-14(10-16)17-13/h1-8,10H/b6-5+. The highest BCUT2D eigenvalue weighted by atomic mass is 16.3. The molecule has 2 aromatic rings. The SMILES string of the molecule is N#Cc1ccc(/C=C/c2ccc(C=O)o2)cc1. The van der Waals surface area contributed by atoms with Gasteiger partial charge in [0.2, 0.25) is 0 Å². The number of rotatable bonds is 3. The Labute approximate surface area is 98.6 Å². The largest absolute Gasteiger partial charge is 0.454 e. The van der Waals surface area contributed by atoms with Crippen molar-refractivity contribution in [2.24, 2.45) is 0 Å². The van der Waals surface area contributed by atoms with E-state index in [0.717, 1.165) is 5.56 Å². The molecule has 0 aliphatic rings. The Morgan fingerprint density at radius 1 is 1.00 bits per heavy atom. The third kappa shape index (κ3) is 2.70. The molecule has 0 amide bonds. The first-order valence-corrected chi connectivity index (χ1v) is 5.05. The smallest absolute Gasteiger partial charge is 0.185 e. The van der Waals surface area contributed by atoms with Gasteiger partial charge in [-0.1, -0.05) is 18.2 Å². The zero-order valence-electron chi connectivity index (χ0n) is 8.96. The molecule has 0 atom stereocenters. The van der Waals surface area contributed by atoms with Crippen molar-refractivity contribution in [1.82, 2.24) is 0 Å². The van der Waals surface area contributed by atoms with Crippen molar-refractivity contribution in [1.29, 1.82) is 5.26 Å². The molecule has 0 saturated heterocycles. The summed E-state index contributed by atoms with van der Waals surface area (Å²) in [6.07, 6.45) is 4.29. The molecule has 0 radical (unpaired) electrons. The van der Waals surface area contributed by atoms with Crippen LogP contribution in [-0.2, 0) is 0 Å². The van der Waals surface area contributed by atoms with Crippen molar-refractivity contribution in [2.75, 3.05) is 0 Å². The molecule has 82 valence electrons. The number of furan rings is 1. The highest BCUT2D eigenvalue weighted by Gasteiger charge is 1.96. The van der Waals surface area contributed by atoms with Gasteiger partial charge in [-0.3, -0.25) is 4.79 Å². The van der Waals surface area contributed by atoms with Crippen LogP contribution in [0.3, 0.4) is 0 Å². The van der Waals surface area contributed by atoms with Crippen LogP contribution < -0.4 is 0 Å². The van der Waals surface area contributed by atoms with Crippen LogP contribution in [0.25, 0.3) is 12.2 Å². The van der Waals surface area contributed by atoms with Crippen LogP contribution in [0.15, 0.2) is 40.8 Å². The van der Waals surface area contributed by atoms with Gasteiger partial charge in [0.25, 0.3) is 0 Å². The number of carbonyl (C=O) groups excluding carboxylic acids is 1. The average molecular weight is 223 g/mol.